The normalized spacial score (nSPS) is 32.5. The zero-order valence-corrected chi connectivity index (χ0v) is 13.1. The van der Waals surface area contributed by atoms with Crippen molar-refractivity contribution in [1.29, 1.82) is 0 Å². The largest absolute Gasteiger partial charge is 0.311 e. The molecule has 1 saturated carbocycles. The first-order valence-corrected chi connectivity index (χ1v) is 8.76. The highest BCUT2D eigenvalue weighted by Crippen LogP contribution is 2.45. The minimum absolute atomic E-state index is 0.156. The third-order valence-corrected chi connectivity index (χ3v) is 6.27. The van der Waals surface area contributed by atoms with Crippen molar-refractivity contribution in [1.82, 2.24) is 19.8 Å². The van der Waals surface area contributed by atoms with E-state index in [-0.39, 0.29) is 11.4 Å². The molecule has 1 aromatic heterocycles. The highest BCUT2D eigenvalue weighted by molar-refractivity contribution is 7.89. The second-order valence-corrected chi connectivity index (χ2v) is 7.73. The van der Waals surface area contributed by atoms with Gasteiger partial charge in [0.25, 0.3) is 0 Å². The van der Waals surface area contributed by atoms with Gasteiger partial charge in [0.1, 0.15) is 10.6 Å². The maximum atomic E-state index is 15.0. The van der Waals surface area contributed by atoms with E-state index >= 15 is 0 Å². The van der Waals surface area contributed by atoms with Crippen LogP contribution < -0.4 is 10.0 Å². The van der Waals surface area contributed by atoms with Crippen LogP contribution in [0.2, 0.25) is 0 Å². The van der Waals surface area contributed by atoms with Crippen LogP contribution in [0.15, 0.2) is 11.1 Å². The molecule has 21 heavy (non-hydrogen) atoms. The molecule has 1 aromatic rings. The third-order valence-electron chi connectivity index (χ3n) is 4.69. The number of aryl methyl sites for hydroxylation is 2. The van der Waals surface area contributed by atoms with E-state index in [2.05, 4.69) is 15.1 Å². The Labute approximate surface area is 124 Å². The molecule has 2 atom stereocenters. The number of fused-ring (bicyclic) bond motifs is 1. The van der Waals surface area contributed by atoms with Crippen molar-refractivity contribution in [3.63, 3.8) is 0 Å². The van der Waals surface area contributed by atoms with Gasteiger partial charge in [-0.1, -0.05) is 6.92 Å². The molecule has 0 aromatic carbocycles. The van der Waals surface area contributed by atoms with Crippen LogP contribution in [0.1, 0.15) is 31.9 Å². The average molecular weight is 316 g/mol. The summed E-state index contributed by atoms with van der Waals surface area (Å²) in [7, 11) is -2.10. The summed E-state index contributed by atoms with van der Waals surface area (Å²) in [6.07, 6.45) is 3.63. The molecular formula is C13H21FN4O2S. The Kier molecular flexibility index (Phi) is 3.38. The maximum absolute atomic E-state index is 15.0. The standard InChI is InChI=1S/C13H21FN4O2S/c1-3-10-11(7-18(2)16-10)21(19,20)17-13-6-4-5-12(13,14)8-15-9-13/h7,15,17H,3-6,8-9H2,1-2H3/t12-,13+/m1/s1. The second kappa shape index (κ2) is 4.76. The second-order valence-electron chi connectivity index (χ2n) is 6.08. The maximum Gasteiger partial charge on any atom is 0.244 e. The molecule has 2 heterocycles. The van der Waals surface area contributed by atoms with Gasteiger partial charge in [-0.05, 0) is 25.7 Å². The molecular weight excluding hydrogens is 295 g/mol. The Morgan fingerprint density at radius 3 is 2.95 bits per heavy atom. The van der Waals surface area contributed by atoms with Crippen molar-refractivity contribution < 1.29 is 12.8 Å². The molecule has 0 spiro atoms. The summed E-state index contributed by atoms with van der Waals surface area (Å²) in [6, 6.07) is 0. The summed E-state index contributed by atoms with van der Waals surface area (Å²) < 4.78 is 44.5. The molecule has 1 aliphatic heterocycles. The summed E-state index contributed by atoms with van der Waals surface area (Å²) in [4.78, 5) is 0.156. The molecule has 0 bridgehead atoms. The summed E-state index contributed by atoms with van der Waals surface area (Å²) in [5.74, 6) is 0. The lowest BCUT2D eigenvalue weighted by Crippen LogP contribution is -2.58. The number of hydrogen-bond acceptors (Lipinski definition) is 4. The van der Waals surface area contributed by atoms with E-state index < -0.39 is 21.2 Å². The number of nitrogens with one attached hydrogen (secondary N) is 2. The van der Waals surface area contributed by atoms with Crippen molar-refractivity contribution >= 4 is 10.0 Å². The summed E-state index contributed by atoms with van der Waals surface area (Å²) in [5.41, 5.74) is -2.00. The SMILES string of the molecule is CCc1nn(C)cc1S(=O)(=O)N[C@]12CCC[C@@]1(F)CNC2. The summed E-state index contributed by atoms with van der Waals surface area (Å²) in [6.45, 7) is 2.40. The van der Waals surface area contributed by atoms with Gasteiger partial charge in [0.15, 0.2) is 0 Å². The molecule has 1 aliphatic carbocycles. The van der Waals surface area contributed by atoms with Gasteiger partial charge in [0.05, 0.1) is 11.2 Å². The fourth-order valence-corrected chi connectivity index (χ4v) is 5.35. The molecule has 2 aliphatic rings. The van der Waals surface area contributed by atoms with Gasteiger partial charge < -0.3 is 5.32 Å². The predicted octanol–water partition coefficient (Wildman–Crippen LogP) is 0.495. The van der Waals surface area contributed by atoms with Crippen molar-refractivity contribution in [3.05, 3.63) is 11.9 Å². The molecule has 3 rings (SSSR count). The lowest BCUT2D eigenvalue weighted by Gasteiger charge is -2.33. The highest BCUT2D eigenvalue weighted by atomic mass is 32.2. The van der Waals surface area contributed by atoms with E-state index in [1.165, 1.54) is 10.9 Å². The quantitative estimate of drug-likeness (QED) is 0.848. The molecule has 0 amide bonds. The average Bonchev–Trinajstić information content (AvgIpc) is 2.99. The molecule has 2 N–H and O–H groups in total. The van der Waals surface area contributed by atoms with Crippen LogP contribution in [0.25, 0.3) is 0 Å². The fraction of sp³-hybridized carbons (Fsp3) is 0.769. The topological polar surface area (TPSA) is 76.0 Å². The van der Waals surface area contributed by atoms with Gasteiger partial charge in [-0.25, -0.2) is 17.5 Å². The van der Waals surface area contributed by atoms with Gasteiger partial charge in [-0.2, -0.15) is 5.10 Å². The van der Waals surface area contributed by atoms with Crippen molar-refractivity contribution in [3.8, 4) is 0 Å². The van der Waals surface area contributed by atoms with Gasteiger partial charge in [0, 0.05) is 26.3 Å². The Hall–Kier alpha value is -0.990. The summed E-state index contributed by atoms with van der Waals surface area (Å²) >= 11 is 0. The molecule has 0 radical (unpaired) electrons. The van der Waals surface area contributed by atoms with Crippen molar-refractivity contribution in [2.24, 2.45) is 7.05 Å². The zero-order chi connectivity index (χ0) is 15.3. The lowest BCUT2D eigenvalue weighted by atomic mass is 9.89. The van der Waals surface area contributed by atoms with Crippen LogP contribution in [-0.4, -0.2) is 42.5 Å². The predicted molar refractivity (Wildman–Crippen MR) is 76.2 cm³/mol. The number of nitrogens with zero attached hydrogens (tertiary/aromatic N) is 2. The Balaban J connectivity index is 1.96. The minimum Gasteiger partial charge on any atom is -0.311 e. The number of halogens is 1. The Morgan fingerprint density at radius 2 is 2.24 bits per heavy atom. The first kappa shape index (κ1) is 14.9. The van der Waals surface area contributed by atoms with Crippen LogP contribution in [0, 0.1) is 0 Å². The first-order chi connectivity index (χ1) is 9.82. The number of sulfonamides is 1. The van der Waals surface area contributed by atoms with E-state index in [0.717, 1.165) is 0 Å². The zero-order valence-electron chi connectivity index (χ0n) is 12.3. The van der Waals surface area contributed by atoms with Gasteiger partial charge in [0.2, 0.25) is 10.0 Å². The Morgan fingerprint density at radius 1 is 1.48 bits per heavy atom. The number of rotatable bonds is 4. The number of hydrogen-bond donors (Lipinski definition) is 2. The number of aromatic nitrogens is 2. The highest BCUT2D eigenvalue weighted by Gasteiger charge is 2.60. The van der Waals surface area contributed by atoms with Gasteiger partial charge in [-0.15, -0.1) is 0 Å². The van der Waals surface area contributed by atoms with Crippen LogP contribution in [0.5, 0.6) is 0 Å². The van der Waals surface area contributed by atoms with Crippen molar-refractivity contribution in [2.75, 3.05) is 13.1 Å². The van der Waals surface area contributed by atoms with Gasteiger partial charge in [-0.3, -0.25) is 4.68 Å². The molecule has 118 valence electrons. The third kappa shape index (κ3) is 2.20. The number of alkyl halides is 1. The molecule has 6 nitrogen and oxygen atoms in total. The summed E-state index contributed by atoms with van der Waals surface area (Å²) in [5, 5.41) is 7.15. The van der Waals surface area contributed by atoms with E-state index in [4.69, 9.17) is 0 Å². The molecule has 8 heteroatoms. The van der Waals surface area contributed by atoms with Crippen LogP contribution in [-0.2, 0) is 23.5 Å². The fourth-order valence-electron chi connectivity index (χ4n) is 3.59. The van der Waals surface area contributed by atoms with Crippen LogP contribution in [0.3, 0.4) is 0 Å². The molecule has 2 fully saturated rings. The molecule has 1 saturated heterocycles. The first-order valence-electron chi connectivity index (χ1n) is 7.28. The van der Waals surface area contributed by atoms with E-state index in [9.17, 15) is 12.8 Å². The Bertz CT molecular complexity index is 645. The van der Waals surface area contributed by atoms with E-state index in [1.54, 1.807) is 7.05 Å². The molecule has 0 unspecified atom stereocenters. The lowest BCUT2D eigenvalue weighted by molar-refractivity contribution is 0.122. The van der Waals surface area contributed by atoms with Gasteiger partial charge >= 0.3 is 0 Å². The minimum atomic E-state index is -3.78. The monoisotopic (exact) mass is 316 g/mol. The van der Waals surface area contributed by atoms with E-state index in [1.807, 2.05) is 6.92 Å². The van der Waals surface area contributed by atoms with Crippen LogP contribution in [0.4, 0.5) is 4.39 Å². The van der Waals surface area contributed by atoms with Crippen molar-refractivity contribution in [2.45, 2.75) is 48.7 Å². The van der Waals surface area contributed by atoms with Crippen LogP contribution >= 0.6 is 0 Å². The smallest absolute Gasteiger partial charge is 0.244 e. The van der Waals surface area contributed by atoms with E-state index in [0.29, 0.717) is 37.9 Å².